The number of amides is 1. The van der Waals surface area contributed by atoms with Gasteiger partial charge in [0.25, 0.3) is 11.5 Å². The van der Waals surface area contributed by atoms with Crippen molar-refractivity contribution in [1.82, 2.24) is 25.0 Å². The molecule has 0 aromatic carbocycles. The number of carbonyl (C=O) groups is 1. The van der Waals surface area contributed by atoms with Crippen LogP contribution in [0.25, 0.3) is 11.4 Å². The predicted octanol–water partition coefficient (Wildman–Crippen LogP) is 2.50. The predicted molar refractivity (Wildman–Crippen MR) is 97.0 cm³/mol. The highest BCUT2D eigenvalue weighted by atomic mass is 16.5. The van der Waals surface area contributed by atoms with E-state index in [-0.39, 0.29) is 17.5 Å². The number of pyridine rings is 1. The molecule has 3 aromatic heterocycles. The third kappa shape index (κ3) is 3.38. The molecule has 138 valence electrons. The van der Waals surface area contributed by atoms with E-state index in [4.69, 9.17) is 4.52 Å². The van der Waals surface area contributed by atoms with Gasteiger partial charge in [0.2, 0.25) is 0 Å². The van der Waals surface area contributed by atoms with Gasteiger partial charge in [0, 0.05) is 36.8 Å². The van der Waals surface area contributed by atoms with Crippen LogP contribution in [0.15, 0.2) is 46.1 Å². The number of hydrogen-bond donors (Lipinski definition) is 1. The lowest BCUT2D eigenvalue weighted by atomic mass is 9.98. The number of aryl methyl sites for hydroxylation is 1. The summed E-state index contributed by atoms with van der Waals surface area (Å²) in [6.45, 7) is 2.39. The lowest BCUT2D eigenvalue weighted by molar-refractivity contribution is 0.0599. The first-order valence-electron chi connectivity index (χ1n) is 8.87. The Kier molecular flexibility index (Phi) is 4.53. The van der Waals surface area contributed by atoms with Crippen LogP contribution in [0.1, 0.15) is 47.1 Å². The van der Waals surface area contributed by atoms with Crippen molar-refractivity contribution in [2.45, 2.75) is 32.2 Å². The van der Waals surface area contributed by atoms with Gasteiger partial charge in [-0.25, -0.2) is 4.98 Å². The molecule has 1 aliphatic rings. The molecule has 1 atom stereocenters. The SMILES string of the molecule is Cc1cc([C@@H]2CCCCN2C(=O)c2cnc(-c3cccnc3)[nH]c2=O)no1. The van der Waals surface area contributed by atoms with Gasteiger partial charge in [-0.3, -0.25) is 14.6 Å². The largest absolute Gasteiger partial charge is 0.361 e. The van der Waals surface area contributed by atoms with Crippen molar-refractivity contribution in [2.75, 3.05) is 6.54 Å². The molecule has 8 nitrogen and oxygen atoms in total. The third-order valence-electron chi connectivity index (χ3n) is 4.72. The Hall–Kier alpha value is -3.29. The highest BCUT2D eigenvalue weighted by molar-refractivity contribution is 5.94. The number of nitrogens with zero attached hydrogens (tertiary/aromatic N) is 4. The topological polar surface area (TPSA) is 105 Å². The number of rotatable bonds is 3. The lowest BCUT2D eigenvalue weighted by Gasteiger charge is -2.34. The second kappa shape index (κ2) is 7.14. The molecule has 27 heavy (non-hydrogen) atoms. The maximum Gasteiger partial charge on any atom is 0.264 e. The van der Waals surface area contributed by atoms with Gasteiger partial charge < -0.3 is 14.4 Å². The Morgan fingerprint density at radius 3 is 2.93 bits per heavy atom. The van der Waals surface area contributed by atoms with Crippen molar-refractivity contribution in [3.63, 3.8) is 0 Å². The molecule has 4 heterocycles. The van der Waals surface area contributed by atoms with Gasteiger partial charge in [-0.2, -0.15) is 0 Å². The maximum absolute atomic E-state index is 13.1. The van der Waals surface area contributed by atoms with Crippen LogP contribution in [-0.4, -0.2) is 37.5 Å². The molecule has 0 bridgehead atoms. The molecule has 1 amide bonds. The van der Waals surface area contributed by atoms with Gasteiger partial charge in [0.1, 0.15) is 22.8 Å². The minimum absolute atomic E-state index is 0.0229. The van der Waals surface area contributed by atoms with E-state index in [1.165, 1.54) is 6.20 Å². The molecule has 8 heteroatoms. The molecule has 1 fully saturated rings. The molecule has 1 saturated heterocycles. The van der Waals surface area contributed by atoms with Crippen LogP contribution >= 0.6 is 0 Å². The van der Waals surface area contributed by atoms with Crippen molar-refractivity contribution in [3.8, 4) is 11.4 Å². The Balaban J connectivity index is 1.64. The van der Waals surface area contributed by atoms with E-state index in [1.807, 2.05) is 13.0 Å². The summed E-state index contributed by atoms with van der Waals surface area (Å²) in [7, 11) is 0. The average Bonchev–Trinajstić information content (AvgIpc) is 3.14. The minimum Gasteiger partial charge on any atom is -0.361 e. The summed E-state index contributed by atoms with van der Waals surface area (Å²) in [4.78, 5) is 38.2. The summed E-state index contributed by atoms with van der Waals surface area (Å²) < 4.78 is 5.17. The lowest BCUT2D eigenvalue weighted by Crippen LogP contribution is -2.41. The Morgan fingerprint density at radius 2 is 2.22 bits per heavy atom. The van der Waals surface area contributed by atoms with Crippen LogP contribution in [0, 0.1) is 6.92 Å². The summed E-state index contributed by atoms with van der Waals surface area (Å²) in [6, 6.07) is 5.19. The zero-order valence-electron chi connectivity index (χ0n) is 14.9. The molecule has 0 aliphatic carbocycles. The number of H-pyrrole nitrogens is 1. The fourth-order valence-electron chi connectivity index (χ4n) is 3.38. The third-order valence-corrected chi connectivity index (χ3v) is 4.72. The van der Waals surface area contributed by atoms with E-state index >= 15 is 0 Å². The minimum atomic E-state index is -0.463. The van der Waals surface area contributed by atoms with Crippen LogP contribution in [0.3, 0.4) is 0 Å². The van der Waals surface area contributed by atoms with Crippen LogP contribution in [0.2, 0.25) is 0 Å². The Labute approximate surface area is 155 Å². The zero-order chi connectivity index (χ0) is 18.8. The van der Waals surface area contributed by atoms with Gasteiger partial charge in [-0.15, -0.1) is 0 Å². The number of hydrogen-bond acceptors (Lipinski definition) is 6. The van der Waals surface area contributed by atoms with Crippen molar-refractivity contribution in [2.24, 2.45) is 0 Å². The summed E-state index contributed by atoms with van der Waals surface area (Å²) in [5.41, 5.74) is 0.962. The molecular formula is C19H19N5O3. The normalized spacial score (nSPS) is 17.1. The van der Waals surface area contributed by atoms with Crippen molar-refractivity contribution in [3.05, 3.63) is 64.2 Å². The summed E-state index contributed by atoms with van der Waals surface area (Å²) in [5, 5.41) is 4.06. The quantitative estimate of drug-likeness (QED) is 0.764. The number of likely N-dealkylation sites (tertiary alicyclic amines) is 1. The molecule has 0 spiro atoms. The van der Waals surface area contributed by atoms with E-state index in [0.717, 1.165) is 25.0 Å². The van der Waals surface area contributed by atoms with Crippen LogP contribution < -0.4 is 5.56 Å². The fraction of sp³-hybridized carbons (Fsp3) is 0.316. The molecule has 1 aliphatic heterocycles. The average molecular weight is 365 g/mol. The number of piperidine rings is 1. The van der Waals surface area contributed by atoms with Crippen LogP contribution in [-0.2, 0) is 0 Å². The van der Waals surface area contributed by atoms with E-state index in [0.29, 0.717) is 23.7 Å². The first-order chi connectivity index (χ1) is 13.1. The monoisotopic (exact) mass is 365 g/mol. The summed E-state index contributed by atoms with van der Waals surface area (Å²) >= 11 is 0. The number of aromatic amines is 1. The summed E-state index contributed by atoms with van der Waals surface area (Å²) in [5.74, 6) is 0.738. The number of carbonyl (C=O) groups excluding carboxylic acids is 1. The Bertz CT molecular complexity index is 1010. The number of nitrogens with one attached hydrogen (secondary N) is 1. The fourth-order valence-corrected chi connectivity index (χ4v) is 3.38. The zero-order valence-corrected chi connectivity index (χ0v) is 14.9. The molecular weight excluding hydrogens is 346 g/mol. The first-order valence-corrected chi connectivity index (χ1v) is 8.87. The van der Waals surface area contributed by atoms with Gasteiger partial charge in [-0.1, -0.05) is 5.16 Å². The first kappa shape index (κ1) is 17.1. The molecule has 0 unspecified atom stereocenters. The summed E-state index contributed by atoms with van der Waals surface area (Å²) in [6.07, 6.45) is 7.25. The smallest absolute Gasteiger partial charge is 0.264 e. The van der Waals surface area contributed by atoms with Gasteiger partial charge in [0.15, 0.2) is 0 Å². The molecule has 4 rings (SSSR count). The van der Waals surface area contributed by atoms with Crippen LogP contribution in [0.4, 0.5) is 0 Å². The van der Waals surface area contributed by atoms with Gasteiger partial charge >= 0.3 is 0 Å². The van der Waals surface area contributed by atoms with Crippen molar-refractivity contribution in [1.29, 1.82) is 0 Å². The second-order valence-electron chi connectivity index (χ2n) is 6.59. The second-order valence-corrected chi connectivity index (χ2v) is 6.59. The standard InChI is InChI=1S/C19H19N5O3/c1-12-9-15(23-27-12)16-6-2-3-8-24(16)19(26)14-11-21-17(22-18(14)25)13-5-4-7-20-10-13/h4-5,7,9-11,16H,2-3,6,8H2,1H3,(H,21,22,25)/t16-/m0/s1. The maximum atomic E-state index is 13.1. The van der Waals surface area contributed by atoms with E-state index < -0.39 is 5.56 Å². The van der Waals surface area contributed by atoms with E-state index in [1.54, 1.807) is 29.4 Å². The van der Waals surface area contributed by atoms with Crippen LogP contribution in [0.5, 0.6) is 0 Å². The number of aromatic nitrogens is 4. The van der Waals surface area contributed by atoms with Gasteiger partial charge in [0.05, 0.1) is 6.04 Å². The van der Waals surface area contributed by atoms with Crippen molar-refractivity contribution >= 4 is 5.91 Å². The Morgan fingerprint density at radius 1 is 1.33 bits per heavy atom. The molecule has 1 N–H and O–H groups in total. The molecule has 0 radical (unpaired) electrons. The highest BCUT2D eigenvalue weighted by Gasteiger charge is 2.32. The molecule has 3 aromatic rings. The van der Waals surface area contributed by atoms with E-state index in [2.05, 4.69) is 20.1 Å². The van der Waals surface area contributed by atoms with Crippen molar-refractivity contribution < 1.29 is 9.32 Å². The van der Waals surface area contributed by atoms with Gasteiger partial charge in [-0.05, 0) is 38.3 Å². The molecule has 0 saturated carbocycles. The highest BCUT2D eigenvalue weighted by Crippen LogP contribution is 2.31. The van der Waals surface area contributed by atoms with E-state index in [9.17, 15) is 9.59 Å².